The van der Waals surface area contributed by atoms with Gasteiger partial charge in [-0.1, -0.05) is 108 Å². The molecule has 0 radical (unpaired) electrons. The molecule has 2 amide bonds. The maximum atomic E-state index is 15.1. The Hall–Kier alpha value is -3.24. The van der Waals surface area contributed by atoms with Crippen LogP contribution in [0.25, 0.3) is 5.57 Å². The molecule has 70 heavy (non-hydrogen) atoms. The maximum absolute atomic E-state index is 15.1. The van der Waals surface area contributed by atoms with Gasteiger partial charge in [0.1, 0.15) is 5.76 Å². The molecule has 1 saturated heterocycles. The molecule has 0 saturated carbocycles. The van der Waals surface area contributed by atoms with E-state index in [4.69, 9.17) is 4.99 Å². The number of likely N-dealkylation sites (tertiary alicyclic amines) is 1. The number of carbonyl (C=O) groups excluding carboxylic acids is 3. The third kappa shape index (κ3) is 12.6. The molecule has 8 nitrogen and oxygen atoms in total. The smallest absolute Gasteiger partial charge is 0.249 e. The van der Waals surface area contributed by atoms with E-state index in [2.05, 4.69) is 112 Å². The monoisotopic (exact) mass is 999 g/mol. The third-order valence-electron chi connectivity index (χ3n) is 16.7. The number of nitrogens with zero attached hydrogens (tertiary/aromatic N) is 3. The zero-order valence-electron chi connectivity index (χ0n) is 46.6. The summed E-state index contributed by atoms with van der Waals surface area (Å²) >= 11 is 4.01. The minimum atomic E-state index is -0.310. The average molecular weight is 1000 g/mol. The lowest BCUT2D eigenvalue weighted by molar-refractivity contribution is -0.121. The number of benzene rings is 1. The second-order valence-corrected chi connectivity index (χ2v) is 25.3. The van der Waals surface area contributed by atoms with E-state index in [0.29, 0.717) is 22.5 Å². The number of unbranched alkanes of at least 4 members (excludes halogenated alkanes) is 2. The summed E-state index contributed by atoms with van der Waals surface area (Å²) in [4.78, 5) is 53.0. The van der Waals surface area contributed by atoms with E-state index >= 15 is 4.79 Å². The number of aliphatic hydroxyl groups is 1. The number of nitrogens with one attached hydrogen (secondary N) is 1. The van der Waals surface area contributed by atoms with Crippen molar-refractivity contribution in [2.45, 2.75) is 217 Å². The molecule has 2 aliphatic heterocycles. The Labute approximate surface area is 434 Å². The molecule has 10 heteroatoms. The number of rotatable bonds is 26. The van der Waals surface area contributed by atoms with Crippen molar-refractivity contribution < 1.29 is 19.5 Å². The van der Waals surface area contributed by atoms with Crippen LogP contribution in [0, 0.1) is 29.1 Å². The molecule has 1 aromatic carbocycles. The molecule has 2 N–H and O–H groups in total. The third-order valence-corrected chi connectivity index (χ3v) is 19.3. The SMILES string of the molecule is CCCCC(CC)CSCCCC(C)C(=O)N=C1C=C2C(=CC1=C1C(=O)C(c3cc4c(cc3NC(=O)C(C)CCCSCC(CC)CCCC)N(C(C)C)C(C)C4(C)C)=C1O)C(C)(C)C(C)N2C(C)C. The number of thioether (sulfide) groups is 2. The van der Waals surface area contributed by atoms with Crippen LogP contribution in [0.4, 0.5) is 11.4 Å². The molecule has 1 aromatic rings. The van der Waals surface area contributed by atoms with Crippen molar-refractivity contribution in [2.24, 2.45) is 34.1 Å². The quantitative estimate of drug-likeness (QED) is 0.0699. The molecule has 0 aromatic heterocycles. The van der Waals surface area contributed by atoms with Gasteiger partial charge in [-0.25, -0.2) is 4.99 Å². The molecule has 6 unspecified atom stereocenters. The predicted molar refractivity (Wildman–Crippen MR) is 304 cm³/mol. The minimum Gasteiger partial charge on any atom is -0.506 e. The molecule has 1 fully saturated rings. The second-order valence-electron chi connectivity index (χ2n) is 23.0. The van der Waals surface area contributed by atoms with Crippen LogP contribution in [0.2, 0.25) is 0 Å². The molecular weight excluding hydrogens is 905 g/mol. The van der Waals surface area contributed by atoms with E-state index in [-0.39, 0.29) is 81.3 Å². The number of allylic oxidation sites excluding steroid dienone is 6. The number of aliphatic hydroxyl groups excluding tert-OH is 1. The van der Waals surface area contributed by atoms with Crippen molar-refractivity contribution in [3.05, 3.63) is 63.6 Å². The normalized spacial score (nSPS) is 22.8. The number of ketones is 1. The zero-order chi connectivity index (χ0) is 51.8. The van der Waals surface area contributed by atoms with Crippen molar-refractivity contribution in [3.63, 3.8) is 0 Å². The summed E-state index contributed by atoms with van der Waals surface area (Å²) in [6.07, 6.45) is 17.4. The lowest BCUT2D eigenvalue weighted by Crippen LogP contribution is -2.42. The van der Waals surface area contributed by atoms with Gasteiger partial charge >= 0.3 is 0 Å². The van der Waals surface area contributed by atoms with Crippen molar-refractivity contribution in [2.75, 3.05) is 33.2 Å². The second kappa shape index (κ2) is 25.1. The van der Waals surface area contributed by atoms with Crippen LogP contribution in [-0.4, -0.2) is 80.5 Å². The van der Waals surface area contributed by atoms with Crippen LogP contribution in [0.3, 0.4) is 0 Å². The van der Waals surface area contributed by atoms with Gasteiger partial charge in [-0.3, -0.25) is 14.4 Å². The highest BCUT2D eigenvalue weighted by atomic mass is 32.2. The standard InChI is InChI=1S/C60H94N4O4S2/c1-17-21-27-43(19-3)35-69-29-23-25-39(9)57(67)61-49-33-51-47(59(13,14)41(11)63(51)37(5)6)31-45(49)53-55(65)54(56(53)66)46-32-48-52(64(38(7)8)42(12)60(48,15)16)34-50(46)62-58(68)40(10)26-24-30-70-36-44(20-4)28-22-18-2/h31-34,37-44,65H,17-30,35-36H2,1-16H3,(H,61,67). The van der Waals surface area contributed by atoms with E-state index in [1.165, 1.54) is 62.9 Å². The number of Topliss-reactive ketones (excluding diaryl/α,β-unsaturated/α-hetero) is 1. The predicted octanol–water partition coefficient (Wildman–Crippen LogP) is 15.3. The number of carbonyl (C=O) groups is 3. The summed E-state index contributed by atoms with van der Waals surface area (Å²) in [6, 6.07) is 4.78. The van der Waals surface area contributed by atoms with Gasteiger partial charge in [-0.05, 0) is 150 Å². The van der Waals surface area contributed by atoms with Crippen LogP contribution in [0.15, 0.2) is 57.5 Å². The Balaban J connectivity index is 1.52. The average Bonchev–Trinajstić information content (AvgIpc) is 3.63. The first-order valence-corrected chi connectivity index (χ1v) is 29.9. The highest BCUT2D eigenvalue weighted by molar-refractivity contribution is 7.99. The molecule has 2 aliphatic carbocycles. The van der Waals surface area contributed by atoms with Crippen LogP contribution >= 0.6 is 23.5 Å². The minimum absolute atomic E-state index is 0.0906. The van der Waals surface area contributed by atoms with Crippen LogP contribution in [0.5, 0.6) is 0 Å². The first-order chi connectivity index (χ1) is 33.1. The van der Waals surface area contributed by atoms with Crippen molar-refractivity contribution >= 4 is 63.8 Å². The lowest BCUT2D eigenvalue weighted by Gasteiger charge is -2.34. The van der Waals surface area contributed by atoms with Crippen molar-refractivity contribution in [3.8, 4) is 0 Å². The fourth-order valence-corrected chi connectivity index (χ4v) is 13.7. The maximum Gasteiger partial charge on any atom is 0.249 e. The van der Waals surface area contributed by atoms with Gasteiger partial charge in [0.05, 0.1) is 22.5 Å². The van der Waals surface area contributed by atoms with E-state index in [1.54, 1.807) is 0 Å². The molecule has 6 atom stereocenters. The number of hydrogen-bond acceptors (Lipinski definition) is 8. The largest absolute Gasteiger partial charge is 0.506 e. The van der Waals surface area contributed by atoms with Gasteiger partial charge in [0.15, 0.2) is 0 Å². The topological polar surface area (TPSA) is 102 Å². The number of amides is 2. The fraction of sp³-hybridized carbons (Fsp3) is 0.700. The number of anilines is 2. The van der Waals surface area contributed by atoms with Gasteiger partial charge in [0.25, 0.3) is 0 Å². The molecule has 390 valence electrons. The summed E-state index contributed by atoms with van der Waals surface area (Å²) in [7, 11) is 0. The molecule has 2 heterocycles. The molecule has 4 aliphatic rings. The Bertz CT molecular complexity index is 2200. The summed E-state index contributed by atoms with van der Waals surface area (Å²) in [5.74, 6) is 4.62. The lowest BCUT2D eigenvalue weighted by atomic mass is 9.73. The fourth-order valence-electron chi connectivity index (χ4n) is 11.2. The molecule has 0 bridgehead atoms. The highest BCUT2D eigenvalue weighted by Gasteiger charge is 2.49. The van der Waals surface area contributed by atoms with Crippen LogP contribution in [-0.2, 0) is 19.8 Å². The van der Waals surface area contributed by atoms with Crippen LogP contribution in [0.1, 0.15) is 199 Å². The highest BCUT2D eigenvalue weighted by Crippen LogP contribution is 2.54. The van der Waals surface area contributed by atoms with Crippen molar-refractivity contribution in [1.82, 2.24) is 4.90 Å². The molecular formula is C60H94N4O4S2. The Morgan fingerprint density at radius 3 is 1.79 bits per heavy atom. The number of fused-ring (bicyclic) bond motifs is 2. The summed E-state index contributed by atoms with van der Waals surface area (Å²) in [5.41, 5.74) is 5.96. The zero-order valence-corrected chi connectivity index (χ0v) is 48.2. The van der Waals surface area contributed by atoms with Gasteiger partial charge in [0, 0.05) is 69.4 Å². The van der Waals surface area contributed by atoms with Gasteiger partial charge in [-0.2, -0.15) is 23.5 Å². The Kier molecular flexibility index (Phi) is 20.7. The van der Waals surface area contributed by atoms with Crippen molar-refractivity contribution in [1.29, 1.82) is 0 Å². The Morgan fingerprint density at radius 1 is 0.729 bits per heavy atom. The molecule has 5 rings (SSSR count). The number of hydrogen-bond donors (Lipinski definition) is 2. The van der Waals surface area contributed by atoms with Crippen LogP contribution < -0.4 is 10.2 Å². The first-order valence-electron chi connectivity index (χ1n) is 27.6. The van der Waals surface area contributed by atoms with E-state index in [9.17, 15) is 14.7 Å². The summed E-state index contributed by atoms with van der Waals surface area (Å²) in [5, 5.41) is 15.7. The summed E-state index contributed by atoms with van der Waals surface area (Å²) < 4.78 is 0. The van der Waals surface area contributed by atoms with Gasteiger partial charge < -0.3 is 20.2 Å². The molecule has 0 spiro atoms. The van der Waals surface area contributed by atoms with Gasteiger partial charge in [-0.15, -0.1) is 0 Å². The van der Waals surface area contributed by atoms with Gasteiger partial charge in [0.2, 0.25) is 17.6 Å². The van der Waals surface area contributed by atoms with E-state index in [0.717, 1.165) is 71.5 Å². The van der Waals surface area contributed by atoms with E-state index in [1.807, 2.05) is 61.7 Å². The first kappa shape index (κ1) is 57.7. The number of aliphatic imine (C=N–C) groups is 1. The summed E-state index contributed by atoms with van der Waals surface area (Å²) in [6.45, 7) is 35.2. The Morgan fingerprint density at radius 2 is 1.27 bits per heavy atom. The van der Waals surface area contributed by atoms with E-state index < -0.39 is 0 Å².